The van der Waals surface area contributed by atoms with Crippen LogP contribution in [-0.2, 0) is 9.59 Å². The first-order valence-electron chi connectivity index (χ1n) is 8.88. The molecule has 0 saturated carbocycles. The summed E-state index contributed by atoms with van der Waals surface area (Å²) in [5.41, 5.74) is 1.90. The average molecular weight is 384 g/mol. The number of hydrogen-bond donors (Lipinski definition) is 3. The minimum Gasteiger partial charge on any atom is -0.507 e. The molecule has 0 fully saturated rings. The number of Topliss-reactive ketones (excluding diaryl/α,β-unsaturated/α-hetero) is 2. The minimum absolute atomic E-state index is 0.0168. The molecule has 4 rings (SSSR count). The number of aromatic hydroxyl groups is 2. The average Bonchev–Trinajstić information content (AvgIpc) is 2.74. The molecule has 0 spiro atoms. The lowest BCUT2D eigenvalue weighted by Crippen LogP contribution is -2.22. The van der Waals surface area contributed by atoms with E-state index >= 15 is 0 Å². The second-order valence-electron chi connectivity index (χ2n) is 6.60. The summed E-state index contributed by atoms with van der Waals surface area (Å²) in [5, 5.41) is 31.1. The summed E-state index contributed by atoms with van der Waals surface area (Å²) < 4.78 is 0. The molecule has 0 amide bonds. The van der Waals surface area contributed by atoms with E-state index in [9.17, 15) is 24.9 Å². The van der Waals surface area contributed by atoms with Gasteiger partial charge in [-0.15, -0.1) is 0 Å². The summed E-state index contributed by atoms with van der Waals surface area (Å²) in [6, 6.07) is 20.2. The molecule has 0 bridgehead atoms. The fourth-order valence-electron chi connectivity index (χ4n) is 3.31. The highest BCUT2D eigenvalue weighted by Gasteiger charge is 2.32. The molecule has 142 valence electrons. The van der Waals surface area contributed by atoms with Crippen LogP contribution in [0.4, 0.5) is 0 Å². The summed E-state index contributed by atoms with van der Waals surface area (Å²) in [7, 11) is 0. The Kier molecular flexibility index (Phi) is 4.49. The molecule has 0 saturated heterocycles. The van der Waals surface area contributed by atoms with Crippen LogP contribution in [0.15, 0.2) is 84.6 Å². The van der Waals surface area contributed by atoms with Crippen LogP contribution >= 0.6 is 0 Å². The summed E-state index contributed by atoms with van der Waals surface area (Å²) in [4.78, 5) is 24.8. The Morgan fingerprint density at radius 3 is 1.76 bits per heavy atom. The van der Waals surface area contributed by atoms with Crippen LogP contribution in [-0.4, -0.2) is 26.9 Å². The fourth-order valence-corrected chi connectivity index (χ4v) is 3.31. The van der Waals surface area contributed by atoms with E-state index in [1.54, 1.807) is 54.6 Å². The highest BCUT2D eigenvalue weighted by Crippen LogP contribution is 2.41. The van der Waals surface area contributed by atoms with Crippen molar-refractivity contribution in [3.05, 3.63) is 95.8 Å². The van der Waals surface area contributed by atoms with E-state index in [4.69, 9.17) is 0 Å². The highest BCUT2D eigenvalue weighted by molar-refractivity contribution is 6.60. The molecule has 0 unspecified atom stereocenters. The molecule has 1 aliphatic rings. The molecule has 0 aromatic heterocycles. The van der Waals surface area contributed by atoms with Crippen molar-refractivity contribution in [2.75, 3.05) is 0 Å². The maximum absolute atomic E-state index is 12.4. The number of phenolic OH excluding ortho intramolecular Hbond substituents is 2. The lowest BCUT2D eigenvalue weighted by atomic mass is 9.86. The van der Waals surface area contributed by atoms with Crippen LogP contribution in [0.2, 0.25) is 0 Å². The van der Waals surface area contributed by atoms with E-state index in [0.29, 0.717) is 16.7 Å². The largest absolute Gasteiger partial charge is 0.507 e. The molecule has 29 heavy (non-hydrogen) atoms. The minimum atomic E-state index is -1.05. The van der Waals surface area contributed by atoms with Gasteiger partial charge in [0.1, 0.15) is 11.5 Å². The van der Waals surface area contributed by atoms with Crippen molar-refractivity contribution in [1.29, 1.82) is 0 Å². The third-order valence-corrected chi connectivity index (χ3v) is 4.78. The smallest absolute Gasteiger partial charge is 0.268 e. The second-order valence-corrected chi connectivity index (χ2v) is 6.60. The number of aliphatic hydroxyl groups is 1. The van der Waals surface area contributed by atoms with Gasteiger partial charge in [0.25, 0.3) is 5.78 Å². The maximum Gasteiger partial charge on any atom is 0.268 e. The van der Waals surface area contributed by atoms with Crippen molar-refractivity contribution in [2.45, 2.75) is 0 Å². The molecule has 1 aliphatic carbocycles. The Morgan fingerprint density at radius 1 is 0.586 bits per heavy atom. The third-order valence-electron chi connectivity index (χ3n) is 4.78. The first-order chi connectivity index (χ1) is 14.0. The van der Waals surface area contributed by atoms with Gasteiger partial charge in [0.2, 0.25) is 5.78 Å². The van der Waals surface area contributed by atoms with Crippen molar-refractivity contribution in [3.63, 3.8) is 0 Å². The van der Waals surface area contributed by atoms with Crippen molar-refractivity contribution >= 4 is 22.7 Å². The Labute approximate surface area is 166 Å². The Morgan fingerprint density at radius 2 is 1.14 bits per heavy atom. The quantitative estimate of drug-likeness (QED) is 0.463. The zero-order valence-corrected chi connectivity index (χ0v) is 15.2. The highest BCUT2D eigenvalue weighted by atomic mass is 16.3. The molecule has 5 heteroatoms. The molecule has 5 nitrogen and oxygen atoms in total. The van der Waals surface area contributed by atoms with E-state index in [0.717, 1.165) is 6.07 Å². The number of rotatable bonds is 3. The number of phenols is 2. The molecule has 3 aromatic rings. The monoisotopic (exact) mass is 384 g/mol. The lowest BCUT2D eigenvalue weighted by Gasteiger charge is -2.17. The van der Waals surface area contributed by atoms with E-state index in [1.807, 2.05) is 6.07 Å². The van der Waals surface area contributed by atoms with Crippen molar-refractivity contribution in [3.8, 4) is 22.6 Å². The van der Waals surface area contributed by atoms with Crippen LogP contribution in [0.3, 0.4) is 0 Å². The van der Waals surface area contributed by atoms with Gasteiger partial charge < -0.3 is 15.3 Å². The normalized spacial score (nSPS) is 14.1. The van der Waals surface area contributed by atoms with Crippen LogP contribution in [0, 0.1) is 0 Å². The molecule has 3 N–H and O–H groups in total. The predicted molar refractivity (Wildman–Crippen MR) is 109 cm³/mol. The van der Waals surface area contributed by atoms with Gasteiger partial charge >= 0.3 is 0 Å². The Bertz CT molecular complexity index is 1190. The van der Waals surface area contributed by atoms with E-state index in [-0.39, 0.29) is 28.2 Å². The molecule has 0 radical (unpaired) electrons. The van der Waals surface area contributed by atoms with Gasteiger partial charge in [-0.2, -0.15) is 0 Å². The van der Waals surface area contributed by atoms with Gasteiger partial charge in [0, 0.05) is 28.3 Å². The maximum atomic E-state index is 12.4. The fraction of sp³-hybridized carbons (Fsp3) is 0. The molecule has 0 atom stereocenters. The SMILES string of the molecule is O=C1C(=O)C(O)=C(c2cc(-c3ccccc3)c(O)cc2O)C=C1c1ccccc1. The summed E-state index contributed by atoms with van der Waals surface area (Å²) in [5.74, 6) is -3.08. The molecular formula is C24H16O5. The van der Waals surface area contributed by atoms with E-state index in [2.05, 4.69) is 0 Å². The molecule has 0 heterocycles. The zero-order chi connectivity index (χ0) is 20.5. The van der Waals surface area contributed by atoms with Crippen molar-refractivity contribution in [2.24, 2.45) is 0 Å². The number of carbonyl (C=O) groups excluding carboxylic acids is 2. The number of carbonyl (C=O) groups is 2. The number of benzene rings is 3. The molecule has 0 aliphatic heterocycles. The van der Waals surface area contributed by atoms with Crippen LogP contribution < -0.4 is 0 Å². The second kappa shape index (κ2) is 7.13. The predicted octanol–water partition coefficient (Wildman–Crippen LogP) is 4.27. The molecule has 3 aromatic carbocycles. The van der Waals surface area contributed by atoms with E-state index < -0.39 is 17.3 Å². The van der Waals surface area contributed by atoms with Gasteiger partial charge in [0.05, 0.1) is 0 Å². The molecular weight excluding hydrogens is 368 g/mol. The van der Waals surface area contributed by atoms with Gasteiger partial charge in [-0.05, 0) is 23.3 Å². The summed E-state index contributed by atoms with van der Waals surface area (Å²) >= 11 is 0. The van der Waals surface area contributed by atoms with Gasteiger partial charge in [-0.3, -0.25) is 9.59 Å². The van der Waals surface area contributed by atoms with Gasteiger partial charge in [0.15, 0.2) is 5.76 Å². The number of ketones is 2. The topological polar surface area (TPSA) is 94.8 Å². The first kappa shape index (κ1) is 18.3. The summed E-state index contributed by atoms with van der Waals surface area (Å²) in [6.45, 7) is 0. The first-order valence-corrected chi connectivity index (χ1v) is 8.88. The number of hydrogen-bond acceptors (Lipinski definition) is 5. The van der Waals surface area contributed by atoms with Crippen LogP contribution in [0.5, 0.6) is 11.5 Å². The van der Waals surface area contributed by atoms with Crippen LogP contribution in [0.25, 0.3) is 22.3 Å². The Hall–Kier alpha value is -4.12. The lowest BCUT2D eigenvalue weighted by molar-refractivity contribution is -0.132. The number of aliphatic hydroxyl groups excluding tert-OH is 1. The zero-order valence-electron chi connectivity index (χ0n) is 15.2. The van der Waals surface area contributed by atoms with E-state index in [1.165, 1.54) is 12.1 Å². The summed E-state index contributed by atoms with van der Waals surface area (Å²) in [6.07, 6.45) is 1.38. The van der Waals surface area contributed by atoms with Crippen molar-refractivity contribution < 1.29 is 24.9 Å². The van der Waals surface area contributed by atoms with Gasteiger partial charge in [-0.25, -0.2) is 0 Å². The third kappa shape index (κ3) is 3.19. The standard InChI is InChI=1S/C24H16O5/c25-20-13-21(26)18(11-16(20)14-7-3-1-4-8-14)19-12-17(15-9-5-2-6-10-15)22(27)24(29)23(19)28/h1-13,25-26,28H. The van der Waals surface area contributed by atoms with Crippen LogP contribution in [0.1, 0.15) is 11.1 Å². The van der Waals surface area contributed by atoms with Gasteiger partial charge in [-0.1, -0.05) is 60.7 Å². The van der Waals surface area contributed by atoms with Crippen molar-refractivity contribution in [1.82, 2.24) is 0 Å². The number of allylic oxidation sites excluding steroid dienone is 4. The Balaban J connectivity index is 1.92.